The van der Waals surface area contributed by atoms with Crippen LogP contribution in [0.3, 0.4) is 0 Å². The van der Waals surface area contributed by atoms with Crippen LogP contribution in [0.1, 0.15) is 41.2 Å². The zero-order valence-corrected chi connectivity index (χ0v) is 16.1. The van der Waals surface area contributed by atoms with Gasteiger partial charge in [0.15, 0.2) is 5.82 Å². The molecule has 1 aliphatic carbocycles. The average molecular weight is 409 g/mol. The van der Waals surface area contributed by atoms with Gasteiger partial charge < -0.3 is 20.0 Å². The zero-order valence-electron chi connectivity index (χ0n) is 14.5. The maximum atomic E-state index is 12.5. The fraction of sp³-hybridized carbons (Fsp3) is 0.278. The van der Waals surface area contributed by atoms with Crippen molar-refractivity contribution in [2.75, 3.05) is 5.32 Å². The molecule has 0 aliphatic heterocycles. The molecule has 2 heterocycles. The third-order valence-corrected chi connectivity index (χ3v) is 4.92. The number of anilines is 1. The molecule has 1 aromatic carbocycles. The van der Waals surface area contributed by atoms with Gasteiger partial charge in [-0.05, 0) is 50.5 Å². The average Bonchev–Trinajstić information content (AvgIpc) is 3.22. The number of hydrogen-bond donors (Lipinski definition) is 2. The van der Waals surface area contributed by atoms with E-state index < -0.39 is 5.54 Å². The highest BCUT2D eigenvalue weighted by Crippen LogP contribution is 2.38. The molecule has 0 unspecified atom stereocenters. The van der Waals surface area contributed by atoms with Gasteiger partial charge in [0, 0.05) is 5.02 Å². The first-order chi connectivity index (χ1) is 12.5. The smallest absolute Gasteiger partial charge is 0.260 e. The van der Waals surface area contributed by atoms with Gasteiger partial charge in [0.05, 0.1) is 28.6 Å². The lowest BCUT2D eigenvalue weighted by Gasteiger charge is -2.34. The molecule has 1 amide bonds. The molecule has 1 fully saturated rings. The third-order valence-electron chi connectivity index (χ3n) is 4.68. The zero-order chi connectivity index (χ0) is 18.3. The van der Waals surface area contributed by atoms with Crippen LogP contribution < -0.4 is 11.1 Å². The Hall–Kier alpha value is -2.35. The molecule has 0 saturated heterocycles. The van der Waals surface area contributed by atoms with Crippen molar-refractivity contribution < 1.29 is 13.7 Å². The summed E-state index contributed by atoms with van der Waals surface area (Å²) in [6.45, 7) is 1.72. The molecule has 0 atom stereocenters. The molecular formula is C18H18Cl2N4O3. The molecule has 1 aliphatic rings. The fourth-order valence-corrected chi connectivity index (χ4v) is 3.11. The number of nitrogens with one attached hydrogen (secondary N) is 1. The van der Waals surface area contributed by atoms with Crippen LogP contribution in [-0.4, -0.2) is 16.0 Å². The van der Waals surface area contributed by atoms with Crippen molar-refractivity contribution in [1.29, 1.82) is 0 Å². The Balaban J connectivity index is 0.00000210. The third kappa shape index (κ3) is 3.58. The Morgan fingerprint density at radius 3 is 2.74 bits per heavy atom. The topological polar surface area (TPSA) is 107 Å². The molecular weight excluding hydrogens is 391 g/mol. The van der Waals surface area contributed by atoms with E-state index in [1.54, 1.807) is 31.2 Å². The van der Waals surface area contributed by atoms with Crippen LogP contribution in [0.25, 0.3) is 11.5 Å². The number of aromatic nitrogens is 2. The van der Waals surface area contributed by atoms with Crippen molar-refractivity contribution in [1.82, 2.24) is 10.1 Å². The fourth-order valence-electron chi connectivity index (χ4n) is 2.93. The number of hydrogen-bond acceptors (Lipinski definition) is 6. The van der Waals surface area contributed by atoms with Crippen molar-refractivity contribution in [3.63, 3.8) is 0 Å². The number of carbonyl (C=O) groups excluding carboxylic acids is 1. The molecule has 3 N–H and O–H groups in total. The van der Waals surface area contributed by atoms with E-state index in [1.165, 1.54) is 6.26 Å². The number of aryl methyl sites for hydroxylation is 1. The quantitative estimate of drug-likeness (QED) is 0.665. The molecule has 1 saturated carbocycles. The van der Waals surface area contributed by atoms with Crippen molar-refractivity contribution in [2.24, 2.45) is 5.73 Å². The second-order valence-corrected chi connectivity index (χ2v) is 6.90. The van der Waals surface area contributed by atoms with Gasteiger partial charge in [-0.2, -0.15) is 4.98 Å². The molecule has 9 heteroatoms. The van der Waals surface area contributed by atoms with E-state index in [9.17, 15) is 4.79 Å². The monoisotopic (exact) mass is 408 g/mol. The first kappa shape index (κ1) is 19.4. The van der Waals surface area contributed by atoms with Crippen LogP contribution in [0.4, 0.5) is 5.69 Å². The molecule has 0 spiro atoms. The molecule has 4 rings (SSSR count). The van der Waals surface area contributed by atoms with Crippen LogP contribution in [0, 0.1) is 6.92 Å². The summed E-state index contributed by atoms with van der Waals surface area (Å²) in [6.07, 6.45) is 4.17. The Bertz CT molecular complexity index is 979. The van der Waals surface area contributed by atoms with E-state index in [4.69, 9.17) is 26.3 Å². The number of amides is 1. The molecule has 27 heavy (non-hydrogen) atoms. The largest absolute Gasteiger partial charge is 0.469 e. The van der Waals surface area contributed by atoms with E-state index in [1.807, 2.05) is 0 Å². The van der Waals surface area contributed by atoms with Crippen molar-refractivity contribution in [3.05, 3.63) is 52.7 Å². The summed E-state index contributed by atoms with van der Waals surface area (Å²) in [5.74, 6) is 0.985. The van der Waals surface area contributed by atoms with Gasteiger partial charge in [-0.25, -0.2) is 0 Å². The van der Waals surface area contributed by atoms with Crippen LogP contribution in [0.5, 0.6) is 0 Å². The number of nitrogens with zero attached hydrogens (tertiary/aromatic N) is 2. The summed E-state index contributed by atoms with van der Waals surface area (Å²) in [7, 11) is 0. The molecule has 0 bridgehead atoms. The van der Waals surface area contributed by atoms with Gasteiger partial charge in [0.1, 0.15) is 5.76 Å². The van der Waals surface area contributed by atoms with Crippen LogP contribution in [0.2, 0.25) is 5.02 Å². The van der Waals surface area contributed by atoms with Gasteiger partial charge >= 0.3 is 0 Å². The predicted octanol–water partition coefficient (Wildman–Crippen LogP) is 4.30. The minimum atomic E-state index is -0.522. The SMILES string of the molecule is Cc1occc1C(=O)Nc1cc(Cl)ccc1-c1nc(C2(N)CCC2)no1.Cl. The Labute approximate surface area is 166 Å². The maximum Gasteiger partial charge on any atom is 0.260 e. The molecule has 0 radical (unpaired) electrons. The summed E-state index contributed by atoms with van der Waals surface area (Å²) < 4.78 is 10.6. The van der Waals surface area contributed by atoms with E-state index in [2.05, 4.69) is 15.5 Å². The van der Waals surface area contributed by atoms with Gasteiger partial charge in [-0.1, -0.05) is 16.8 Å². The first-order valence-corrected chi connectivity index (χ1v) is 8.62. The summed E-state index contributed by atoms with van der Waals surface area (Å²) >= 11 is 6.10. The number of carbonyl (C=O) groups is 1. The van der Waals surface area contributed by atoms with Gasteiger partial charge in [0.25, 0.3) is 11.8 Å². The number of halogens is 2. The number of benzene rings is 1. The lowest BCUT2D eigenvalue weighted by atomic mass is 9.77. The van der Waals surface area contributed by atoms with Crippen molar-refractivity contribution >= 4 is 35.6 Å². The second kappa shape index (κ2) is 7.34. The Morgan fingerprint density at radius 2 is 2.11 bits per heavy atom. The minimum absolute atomic E-state index is 0. The van der Waals surface area contributed by atoms with Crippen molar-refractivity contribution in [3.8, 4) is 11.5 Å². The van der Waals surface area contributed by atoms with Gasteiger partial charge in [-0.15, -0.1) is 12.4 Å². The molecule has 3 aromatic rings. The summed E-state index contributed by atoms with van der Waals surface area (Å²) in [5.41, 5.74) is 7.22. The van der Waals surface area contributed by atoms with E-state index in [0.29, 0.717) is 33.4 Å². The van der Waals surface area contributed by atoms with Crippen molar-refractivity contribution in [2.45, 2.75) is 31.7 Å². The normalized spacial score (nSPS) is 14.9. The minimum Gasteiger partial charge on any atom is -0.469 e. The molecule has 142 valence electrons. The van der Waals surface area contributed by atoms with Gasteiger partial charge in [0.2, 0.25) is 0 Å². The predicted molar refractivity (Wildman–Crippen MR) is 103 cm³/mol. The highest BCUT2D eigenvalue weighted by molar-refractivity contribution is 6.31. The number of nitrogens with two attached hydrogens (primary N) is 1. The van der Waals surface area contributed by atoms with E-state index >= 15 is 0 Å². The highest BCUT2D eigenvalue weighted by atomic mass is 35.5. The summed E-state index contributed by atoms with van der Waals surface area (Å²) in [5, 5.41) is 7.32. The lowest BCUT2D eigenvalue weighted by molar-refractivity contribution is 0.102. The summed E-state index contributed by atoms with van der Waals surface area (Å²) in [4.78, 5) is 16.9. The molecule has 2 aromatic heterocycles. The van der Waals surface area contributed by atoms with E-state index in [-0.39, 0.29) is 24.2 Å². The van der Waals surface area contributed by atoms with Crippen LogP contribution in [-0.2, 0) is 5.54 Å². The number of furan rings is 1. The molecule has 7 nitrogen and oxygen atoms in total. The number of rotatable bonds is 4. The summed E-state index contributed by atoms with van der Waals surface area (Å²) in [6, 6.07) is 6.66. The van der Waals surface area contributed by atoms with E-state index in [0.717, 1.165) is 19.3 Å². The van der Waals surface area contributed by atoms with Crippen LogP contribution >= 0.6 is 24.0 Å². The standard InChI is InChI=1S/C18H17ClN4O3.ClH/c1-10-12(5-8-25-10)15(24)21-14-9-11(19)3-4-13(14)16-22-17(23-26-16)18(20)6-2-7-18;/h3-5,8-9H,2,6-7,20H2,1H3,(H,21,24);1H. The van der Waals surface area contributed by atoms with Gasteiger partial charge in [-0.3, -0.25) is 4.79 Å². The first-order valence-electron chi connectivity index (χ1n) is 8.25. The Morgan fingerprint density at radius 1 is 1.33 bits per heavy atom. The lowest BCUT2D eigenvalue weighted by Crippen LogP contribution is -2.44. The van der Waals surface area contributed by atoms with Crippen LogP contribution in [0.15, 0.2) is 39.5 Å². The Kier molecular flexibility index (Phi) is 5.28. The highest BCUT2D eigenvalue weighted by Gasteiger charge is 2.39. The maximum absolute atomic E-state index is 12.5. The second-order valence-electron chi connectivity index (χ2n) is 6.47.